The number of halogens is 2. The van der Waals surface area contributed by atoms with Crippen molar-refractivity contribution in [1.82, 2.24) is 4.98 Å². The molecule has 19 heavy (non-hydrogen) atoms. The Bertz CT molecular complexity index is 588. The van der Waals surface area contributed by atoms with E-state index in [2.05, 4.69) is 20.9 Å². The van der Waals surface area contributed by atoms with Gasteiger partial charge >= 0.3 is 0 Å². The van der Waals surface area contributed by atoms with E-state index in [1.165, 1.54) is 6.08 Å². The molecule has 0 saturated carbocycles. The molecule has 1 heterocycles. The van der Waals surface area contributed by atoms with E-state index in [1.807, 2.05) is 0 Å². The second-order valence-corrected chi connectivity index (χ2v) is 5.53. The number of allylic oxidation sites excluding steroid dienone is 2. The first-order valence-corrected chi connectivity index (χ1v) is 6.60. The number of aromatic nitrogens is 1. The Kier molecular flexibility index (Phi) is 3.91. The molecule has 1 aromatic rings. The van der Waals surface area contributed by atoms with Crippen molar-refractivity contribution < 1.29 is 9.66 Å². The van der Waals surface area contributed by atoms with Gasteiger partial charge in [0, 0.05) is 6.08 Å². The largest absolute Gasteiger partial charge is 0.466 e. The van der Waals surface area contributed by atoms with Crippen LogP contribution in [0.25, 0.3) is 0 Å². The molecule has 5 nitrogen and oxygen atoms in total. The second-order valence-electron chi connectivity index (χ2n) is 4.29. The average molecular weight is 346 g/mol. The Labute approximate surface area is 123 Å². The fraction of sp³-hybridized carbons (Fsp3) is 0.250. The summed E-state index contributed by atoms with van der Waals surface area (Å²) in [4.78, 5) is 14.5. The van der Waals surface area contributed by atoms with Crippen molar-refractivity contribution in [3.63, 3.8) is 0 Å². The highest BCUT2D eigenvalue weighted by molar-refractivity contribution is 9.10. The van der Waals surface area contributed by atoms with E-state index < -0.39 is 10.5 Å². The molecule has 1 aliphatic rings. The summed E-state index contributed by atoms with van der Waals surface area (Å²) >= 11 is 9.12. The van der Waals surface area contributed by atoms with Crippen LogP contribution in [0.2, 0.25) is 5.15 Å². The summed E-state index contributed by atoms with van der Waals surface area (Å²) in [6.07, 6.45) is 5.00. The molecule has 0 aliphatic heterocycles. The zero-order chi connectivity index (χ0) is 14.0. The smallest absolute Gasteiger partial charge is 0.250 e. The van der Waals surface area contributed by atoms with Crippen LogP contribution in [-0.2, 0) is 0 Å². The number of hydrogen-bond acceptors (Lipinski definition) is 4. The van der Waals surface area contributed by atoms with Crippen molar-refractivity contribution in [3.8, 4) is 5.88 Å². The number of rotatable bonds is 3. The third kappa shape index (κ3) is 3.33. The normalized spacial score (nSPS) is 21.9. The van der Waals surface area contributed by atoms with Gasteiger partial charge in [0.25, 0.3) is 5.70 Å². The van der Waals surface area contributed by atoms with Gasteiger partial charge in [-0.05, 0) is 41.1 Å². The topological polar surface area (TPSA) is 65.3 Å². The van der Waals surface area contributed by atoms with Crippen LogP contribution in [0.3, 0.4) is 0 Å². The molecule has 1 aliphatic carbocycles. The van der Waals surface area contributed by atoms with Gasteiger partial charge < -0.3 is 4.74 Å². The summed E-state index contributed by atoms with van der Waals surface area (Å²) in [5.74, 6) is 0.309. The van der Waals surface area contributed by atoms with Crippen molar-refractivity contribution in [3.05, 3.63) is 55.8 Å². The lowest BCUT2D eigenvalue weighted by molar-refractivity contribution is -0.430. The molecule has 1 unspecified atom stereocenters. The fourth-order valence-electron chi connectivity index (χ4n) is 1.73. The van der Waals surface area contributed by atoms with Gasteiger partial charge in [-0.2, -0.15) is 0 Å². The van der Waals surface area contributed by atoms with Crippen LogP contribution in [0.1, 0.15) is 13.3 Å². The maximum absolute atomic E-state index is 10.8. The maximum atomic E-state index is 10.8. The van der Waals surface area contributed by atoms with Gasteiger partial charge in [-0.3, -0.25) is 10.1 Å². The van der Waals surface area contributed by atoms with E-state index in [9.17, 15) is 10.1 Å². The standard InChI is InChI=1S/C12H10BrClN2O3/c1-12(6-2-3-8(7-12)16(17)18)19-11-9(13)4-5-10(14)15-11/h2-6H,7H2,1H3. The molecule has 0 amide bonds. The summed E-state index contributed by atoms with van der Waals surface area (Å²) in [6, 6.07) is 3.34. The molecule has 7 heteroatoms. The number of nitrogens with zero attached hydrogens (tertiary/aromatic N) is 2. The van der Waals surface area contributed by atoms with Crippen LogP contribution in [0.5, 0.6) is 5.88 Å². The van der Waals surface area contributed by atoms with E-state index in [0.29, 0.717) is 15.5 Å². The monoisotopic (exact) mass is 344 g/mol. The van der Waals surface area contributed by atoms with E-state index in [4.69, 9.17) is 16.3 Å². The second kappa shape index (κ2) is 5.30. The molecule has 0 aromatic carbocycles. The highest BCUT2D eigenvalue weighted by atomic mass is 79.9. The molecule has 0 fully saturated rings. The van der Waals surface area contributed by atoms with Gasteiger partial charge in [0.05, 0.1) is 15.8 Å². The zero-order valence-electron chi connectivity index (χ0n) is 9.97. The van der Waals surface area contributed by atoms with Gasteiger partial charge in [0.1, 0.15) is 10.8 Å². The molecular formula is C12H10BrClN2O3. The Morgan fingerprint density at radius 1 is 1.58 bits per heavy atom. The molecule has 0 N–H and O–H groups in total. The summed E-state index contributed by atoms with van der Waals surface area (Å²) in [7, 11) is 0. The Balaban J connectivity index is 2.24. The third-order valence-corrected chi connectivity index (χ3v) is 3.43. The first-order valence-electron chi connectivity index (χ1n) is 5.43. The van der Waals surface area contributed by atoms with Gasteiger partial charge in [0.15, 0.2) is 0 Å². The minimum Gasteiger partial charge on any atom is -0.466 e. The molecular weight excluding hydrogens is 336 g/mol. The van der Waals surface area contributed by atoms with E-state index >= 15 is 0 Å². The predicted molar refractivity (Wildman–Crippen MR) is 74.8 cm³/mol. The Morgan fingerprint density at radius 2 is 2.32 bits per heavy atom. The summed E-state index contributed by atoms with van der Waals surface area (Å²) in [5, 5.41) is 11.1. The van der Waals surface area contributed by atoms with Crippen molar-refractivity contribution in [2.45, 2.75) is 18.9 Å². The molecule has 0 radical (unpaired) electrons. The van der Waals surface area contributed by atoms with Crippen LogP contribution in [0.4, 0.5) is 0 Å². The highest BCUT2D eigenvalue weighted by Gasteiger charge is 2.33. The molecule has 1 atom stereocenters. The minimum atomic E-state index is -0.822. The van der Waals surface area contributed by atoms with E-state index in [1.54, 1.807) is 31.2 Å². The van der Waals surface area contributed by atoms with Gasteiger partial charge in [0.2, 0.25) is 5.88 Å². The molecule has 2 rings (SSSR count). The summed E-state index contributed by atoms with van der Waals surface area (Å²) < 4.78 is 6.40. The predicted octanol–water partition coefficient (Wildman–Crippen LogP) is 3.76. The molecule has 0 saturated heterocycles. The van der Waals surface area contributed by atoms with Crippen molar-refractivity contribution in [1.29, 1.82) is 0 Å². The fourth-order valence-corrected chi connectivity index (χ4v) is 2.17. The van der Waals surface area contributed by atoms with Crippen LogP contribution < -0.4 is 4.74 Å². The minimum absolute atomic E-state index is 0.100. The first kappa shape index (κ1) is 14.0. The van der Waals surface area contributed by atoms with Crippen molar-refractivity contribution >= 4 is 27.5 Å². The lowest BCUT2D eigenvalue weighted by Gasteiger charge is -2.27. The Hall–Kier alpha value is -1.40. The van der Waals surface area contributed by atoms with Crippen LogP contribution in [0, 0.1) is 10.1 Å². The number of ether oxygens (including phenoxy) is 1. The zero-order valence-corrected chi connectivity index (χ0v) is 12.3. The molecule has 0 spiro atoms. The van der Waals surface area contributed by atoms with E-state index in [0.717, 1.165) is 0 Å². The molecule has 1 aromatic heterocycles. The van der Waals surface area contributed by atoms with E-state index in [-0.39, 0.29) is 12.1 Å². The van der Waals surface area contributed by atoms with Crippen LogP contribution >= 0.6 is 27.5 Å². The number of nitro groups is 1. The molecule has 0 bridgehead atoms. The van der Waals surface area contributed by atoms with Gasteiger partial charge in [-0.25, -0.2) is 4.98 Å². The third-order valence-electron chi connectivity index (χ3n) is 2.61. The average Bonchev–Trinajstić information content (AvgIpc) is 2.33. The Morgan fingerprint density at radius 3 is 3.00 bits per heavy atom. The summed E-state index contributed by atoms with van der Waals surface area (Å²) in [6.45, 7) is 1.76. The quantitative estimate of drug-likeness (QED) is 0.475. The van der Waals surface area contributed by atoms with Crippen molar-refractivity contribution in [2.24, 2.45) is 0 Å². The van der Waals surface area contributed by atoms with Crippen LogP contribution in [-0.4, -0.2) is 15.5 Å². The van der Waals surface area contributed by atoms with Gasteiger partial charge in [-0.15, -0.1) is 0 Å². The van der Waals surface area contributed by atoms with Crippen molar-refractivity contribution in [2.75, 3.05) is 0 Å². The molecule has 100 valence electrons. The van der Waals surface area contributed by atoms with Gasteiger partial charge in [-0.1, -0.05) is 17.7 Å². The number of pyridine rings is 1. The number of hydrogen-bond donors (Lipinski definition) is 0. The van der Waals surface area contributed by atoms with Crippen LogP contribution in [0.15, 0.2) is 40.5 Å². The SMILES string of the molecule is CC1(Oc2nc(Cl)ccc2Br)C=CC=C([N+](=O)[O-])C1. The summed E-state index contributed by atoms with van der Waals surface area (Å²) in [5.41, 5.74) is -0.722. The lowest BCUT2D eigenvalue weighted by atomic mass is 9.95. The first-order chi connectivity index (χ1) is 8.89. The lowest BCUT2D eigenvalue weighted by Crippen LogP contribution is -2.33. The maximum Gasteiger partial charge on any atom is 0.250 e. The highest BCUT2D eigenvalue weighted by Crippen LogP contribution is 2.32.